The van der Waals surface area contributed by atoms with Crippen LogP contribution in [0.3, 0.4) is 0 Å². The number of hydrogen-bond acceptors (Lipinski definition) is 6. The van der Waals surface area contributed by atoms with E-state index in [0.29, 0.717) is 42.4 Å². The van der Waals surface area contributed by atoms with E-state index in [9.17, 15) is 10.1 Å². The minimum atomic E-state index is -0.431. The zero-order valence-electron chi connectivity index (χ0n) is 17.5. The van der Waals surface area contributed by atoms with E-state index >= 15 is 0 Å². The molecule has 0 bridgehead atoms. The summed E-state index contributed by atoms with van der Waals surface area (Å²) in [6, 6.07) is 20.3. The predicted octanol–water partition coefficient (Wildman–Crippen LogP) is 4.82. The molecule has 0 saturated heterocycles. The summed E-state index contributed by atoms with van der Waals surface area (Å²) in [5.74, 6) is 0.639. The highest BCUT2D eigenvalue weighted by molar-refractivity contribution is 7.09. The Morgan fingerprint density at radius 3 is 2.56 bits per heavy atom. The molecule has 0 radical (unpaired) electrons. The Kier molecular flexibility index (Phi) is 8.02. The van der Waals surface area contributed by atoms with E-state index in [1.54, 1.807) is 41.7 Å². The van der Waals surface area contributed by atoms with Crippen LogP contribution in [0.1, 0.15) is 28.5 Å². The standard InChI is InChI=1S/C25H21N3O3S/c1-2-30-24-13-20(12-21(15-27)25(29)28-16-22-4-3-11-32-22)9-10-23(24)31-17-19-7-5-18(14-26)6-8-19/h3-13H,2,16-17H2,1H3,(H,28,29)/b21-12+. The van der Waals surface area contributed by atoms with Crippen molar-refractivity contribution in [2.75, 3.05) is 6.61 Å². The highest BCUT2D eigenvalue weighted by Gasteiger charge is 2.11. The van der Waals surface area contributed by atoms with Gasteiger partial charge in [0, 0.05) is 4.88 Å². The summed E-state index contributed by atoms with van der Waals surface area (Å²) in [6.45, 7) is 3.00. The van der Waals surface area contributed by atoms with Crippen LogP contribution in [0, 0.1) is 22.7 Å². The van der Waals surface area contributed by atoms with Gasteiger partial charge in [-0.25, -0.2) is 0 Å². The van der Waals surface area contributed by atoms with Crippen molar-refractivity contribution in [3.8, 4) is 23.6 Å². The van der Waals surface area contributed by atoms with Gasteiger partial charge in [0.25, 0.3) is 5.91 Å². The lowest BCUT2D eigenvalue weighted by molar-refractivity contribution is -0.117. The third-order valence-corrected chi connectivity index (χ3v) is 5.30. The molecule has 0 aliphatic carbocycles. The fraction of sp³-hybridized carbons (Fsp3) is 0.160. The summed E-state index contributed by atoms with van der Waals surface area (Å²) in [4.78, 5) is 13.4. The Balaban J connectivity index is 1.72. The molecule has 1 N–H and O–H groups in total. The van der Waals surface area contributed by atoms with Gasteiger partial charge >= 0.3 is 0 Å². The fourth-order valence-corrected chi connectivity index (χ4v) is 3.47. The first-order valence-electron chi connectivity index (χ1n) is 9.94. The zero-order valence-corrected chi connectivity index (χ0v) is 18.3. The number of hydrogen-bond donors (Lipinski definition) is 1. The maximum absolute atomic E-state index is 12.4. The summed E-state index contributed by atoms with van der Waals surface area (Å²) in [6.07, 6.45) is 1.52. The maximum Gasteiger partial charge on any atom is 0.262 e. The van der Waals surface area contributed by atoms with Gasteiger partial charge < -0.3 is 14.8 Å². The lowest BCUT2D eigenvalue weighted by atomic mass is 10.1. The van der Waals surface area contributed by atoms with E-state index in [1.807, 2.05) is 42.6 Å². The van der Waals surface area contributed by atoms with Gasteiger partial charge in [0.05, 0.1) is 24.8 Å². The van der Waals surface area contributed by atoms with Crippen LogP contribution in [0.25, 0.3) is 6.08 Å². The van der Waals surface area contributed by atoms with Crippen molar-refractivity contribution >= 4 is 23.3 Å². The van der Waals surface area contributed by atoms with Crippen LogP contribution in [0.2, 0.25) is 0 Å². The van der Waals surface area contributed by atoms with Crippen LogP contribution in [-0.2, 0) is 17.9 Å². The van der Waals surface area contributed by atoms with Gasteiger partial charge in [-0.05, 0) is 59.8 Å². The van der Waals surface area contributed by atoms with Crippen molar-refractivity contribution in [2.45, 2.75) is 20.1 Å². The molecule has 1 heterocycles. The van der Waals surface area contributed by atoms with E-state index in [0.717, 1.165) is 10.4 Å². The lowest BCUT2D eigenvalue weighted by Crippen LogP contribution is -2.23. The third-order valence-electron chi connectivity index (χ3n) is 4.42. The molecule has 1 amide bonds. The van der Waals surface area contributed by atoms with E-state index in [1.165, 1.54) is 6.08 Å². The average molecular weight is 444 g/mol. The maximum atomic E-state index is 12.4. The van der Waals surface area contributed by atoms with Crippen LogP contribution < -0.4 is 14.8 Å². The highest BCUT2D eigenvalue weighted by atomic mass is 32.1. The van der Waals surface area contributed by atoms with E-state index in [4.69, 9.17) is 14.7 Å². The van der Waals surface area contributed by atoms with Gasteiger partial charge in [-0.15, -0.1) is 11.3 Å². The van der Waals surface area contributed by atoms with Gasteiger partial charge in [-0.2, -0.15) is 10.5 Å². The van der Waals surface area contributed by atoms with Crippen LogP contribution in [0.5, 0.6) is 11.5 Å². The van der Waals surface area contributed by atoms with Crippen LogP contribution >= 0.6 is 11.3 Å². The number of benzene rings is 2. The molecule has 0 aliphatic rings. The summed E-state index contributed by atoms with van der Waals surface area (Å²) in [7, 11) is 0. The van der Waals surface area contributed by atoms with Crippen molar-refractivity contribution in [1.82, 2.24) is 5.32 Å². The number of ether oxygens (including phenoxy) is 2. The molecule has 32 heavy (non-hydrogen) atoms. The van der Waals surface area contributed by atoms with Crippen molar-refractivity contribution in [1.29, 1.82) is 10.5 Å². The number of nitriles is 2. The second-order valence-corrected chi connectivity index (χ2v) is 7.70. The molecule has 0 unspecified atom stereocenters. The molecular weight excluding hydrogens is 422 g/mol. The third kappa shape index (κ3) is 6.21. The molecule has 0 atom stereocenters. The van der Waals surface area contributed by atoms with E-state index in [-0.39, 0.29) is 5.57 Å². The Bertz CT molecular complexity index is 1170. The Hall–Kier alpha value is -4.07. The highest BCUT2D eigenvalue weighted by Crippen LogP contribution is 2.30. The fourth-order valence-electron chi connectivity index (χ4n) is 2.83. The largest absolute Gasteiger partial charge is 0.490 e. The van der Waals surface area contributed by atoms with Gasteiger partial charge in [-0.1, -0.05) is 24.3 Å². The van der Waals surface area contributed by atoms with Crippen molar-refractivity contribution in [3.05, 3.63) is 87.1 Å². The monoisotopic (exact) mass is 443 g/mol. The Morgan fingerprint density at radius 1 is 1.09 bits per heavy atom. The minimum Gasteiger partial charge on any atom is -0.490 e. The molecule has 6 nitrogen and oxygen atoms in total. The first-order valence-corrected chi connectivity index (χ1v) is 10.8. The molecule has 3 aromatic rings. The second kappa shape index (κ2) is 11.4. The first kappa shape index (κ1) is 22.6. The number of carbonyl (C=O) groups is 1. The molecule has 160 valence electrons. The normalized spacial score (nSPS) is 10.7. The van der Waals surface area contributed by atoms with Crippen LogP contribution in [0.15, 0.2) is 65.6 Å². The Morgan fingerprint density at radius 2 is 1.91 bits per heavy atom. The number of amides is 1. The first-order chi connectivity index (χ1) is 15.6. The van der Waals surface area contributed by atoms with Crippen molar-refractivity contribution in [2.24, 2.45) is 0 Å². The van der Waals surface area contributed by atoms with Gasteiger partial charge in [0.2, 0.25) is 0 Å². The molecule has 3 rings (SSSR count). The summed E-state index contributed by atoms with van der Waals surface area (Å²) in [5, 5.41) is 23.0. The number of rotatable bonds is 9. The SMILES string of the molecule is CCOc1cc(/C=C(\C#N)C(=O)NCc2cccs2)ccc1OCc1ccc(C#N)cc1. The second-order valence-electron chi connectivity index (χ2n) is 6.67. The smallest absolute Gasteiger partial charge is 0.262 e. The average Bonchev–Trinajstić information content (AvgIpc) is 3.35. The van der Waals surface area contributed by atoms with Crippen LogP contribution in [-0.4, -0.2) is 12.5 Å². The van der Waals surface area contributed by atoms with Crippen LogP contribution in [0.4, 0.5) is 0 Å². The topological polar surface area (TPSA) is 95.1 Å². The number of carbonyl (C=O) groups excluding carboxylic acids is 1. The quantitative estimate of drug-likeness (QED) is 0.378. The lowest BCUT2D eigenvalue weighted by Gasteiger charge is -2.13. The van der Waals surface area contributed by atoms with Gasteiger partial charge in [-0.3, -0.25) is 4.79 Å². The predicted molar refractivity (Wildman–Crippen MR) is 123 cm³/mol. The van der Waals surface area contributed by atoms with E-state index in [2.05, 4.69) is 11.4 Å². The molecular formula is C25H21N3O3S. The molecule has 2 aromatic carbocycles. The molecule has 0 saturated carbocycles. The minimum absolute atomic E-state index is 0.00950. The number of nitrogens with zero attached hydrogens (tertiary/aromatic N) is 2. The summed E-state index contributed by atoms with van der Waals surface area (Å²) < 4.78 is 11.6. The molecule has 0 spiro atoms. The molecule has 1 aromatic heterocycles. The summed E-state index contributed by atoms with van der Waals surface area (Å²) >= 11 is 1.54. The zero-order chi connectivity index (χ0) is 22.8. The number of thiophene rings is 1. The van der Waals surface area contributed by atoms with Crippen molar-refractivity contribution < 1.29 is 14.3 Å². The van der Waals surface area contributed by atoms with Gasteiger partial charge in [0.1, 0.15) is 18.2 Å². The summed E-state index contributed by atoms with van der Waals surface area (Å²) in [5.41, 5.74) is 2.18. The van der Waals surface area contributed by atoms with E-state index < -0.39 is 5.91 Å². The molecule has 0 fully saturated rings. The molecule has 7 heteroatoms. The number of nitrogens with one attached hydrogen (secondary N) is 1. The van der Waals surface area contributed by atoms with Crippen molar-refractivity contribution in [3.63, 3.8) is 0 Å². The molecule has 0 aliphatic heterocycles. The Labute approximate surface area is 191 Å². The van der Waals surface area contributed by atoms with Gasteiger partial charge in [0.15, 0.2) is 11.5 Å².